The second-order valence-corrected chi connectivity index (χ2v) is 4.45. The van der Waals surface area contributed by atoms with Gasteiger partial charge in [-0.25, -0.2) is 0 Å². The van der Waals surface area contributed by atoms with E-state index in [-0.39, 0.29) is 12.1 Å². The van der Waals surface area contributed by atoms with Crippen molar-refractivity contribution in [2.45, 2.75) is 25.4 Å². The van der Waals surface area contributed by atoms with Gasteiger partial charge in [0.1, 0.15) is 0 Å². The molecule has 3 atom stereocenters. The third kappa shape index (κ3) is 2.13. The van der Waals surface area contributed by atoms with Crippen LogP contribution in [-0.4, -0.2) is 12.6 Å². The van der Waals surface area contributed by atoms with Gasteiger partial charge in [0, 0.05) is 17.8 Å². The molecule has 15 heavy (non-hydrogen) atoms. The summed E-state index contributed by atoms with van der Waals surface area (Å²) >= 11 is 0. The topological polar surface area (TPSA) is 64.1 Å². The van der Waals surface area contributed by atoms with Crippen LogP contribution in [0.2, 0.25) is 0 Å². The van der Waals surface area contributed by atoms with E-state index < -0.39 is 0 Å². The number of benzene rings is 1. The van der Waals surface area contributed by atoms with Crippen molar-refractivity contribution in [1.29, 1.82) is 0 Å². The van der Waals surface area contributed by atoms with Crippen molar-refractivity contribution in [3.8, 4) is 0 Å². The van der Waals surface area contributed by atoms with Crippen molar-refractivity contribution in [2.24, 2.45) is 11.7 Å². The number of piperidine rings is 1. The second kappa shape index (κ2) is 4.21. The van der Waals surface area contributed by atoms with Gasteiger partial charge in [-0.2, -0.15) is 0 Å². The molecule has 0 amide bonds. The Bertz CT molecular complexity index is 337. The first-order valence-electron chi connectivity index (χ1n) is 5.53. The molecule has 0 saturated carbocycles. The molecular weight excluding hydrogens is 186 g/mol. The zero-order chi connectivity index (χ0) is 10.8. The van der Waals surface area contributed by atoms with Crippen LogP contribution in [0, 0.1) is 5.92 Å². The van der Waals surface area contributed by atoms with Crippen LogP contribution in [0.25, 0.3) is 0 Å². The fourth-order valence-corrected chi connectivity index (χ4v) is 2.22. The molecule has 3 unspecified atom stereocenters. The molecule has 1 saturated heterocycles. The van der Waals surface area contributed by atoms with E-state index >= 15 is 0 Å². The summed E-state index contributed by atoms with van der Waals surface area (Å²) in [6, 6.07) is 8.42. The van der Waals surface area contributed by atoms with Gasteiger partial charge in [0.25, 0.3) is 0 Å². The van der Waals surface area contributed by atoms with Crippen LogP contribution in [0.4, 0.5) is 5.69 Å². The van der Waals surface area contributed by atoms with Crippen LogP contribution in [0.1, 0.15) is 24.9 Å². The van der Waals surface area contributed by atoms with E-state index in [1.807, 2.05) is 18.2 Å². The number of nitrogens with two attached hydrogens (primary N) is 2. The minimum Gasteiger partial charge on any atom is -0.399 e. The Kier molecular flexibility index (Phi) is 2.93. The summed E-state index contributed by atoms with van der Waals surface area (Å²) in [6.45, 7) is 3.25. The van der Waals surface area contributed by atoms with Crippen LogP contribution < -0.4 is 16.8 Å². The van der Waals surface area contributed by atoms with E-state index in [0.29, 0.717) is 5.92 Å². The Labute approximate surface area is 90.8 Å². The summed E-state index contributed by atoms with van der Waals surface area (Å²) in [5, 5.41) is 3.46. The molecule has 1 fully saturated rings. The molecule has 3 nitrogen and oxygen atoms in total. The lowest BCUT2D eigenvalue weighted by Gasteiger charge is -2.35. The molecule has 3 heteroatoms. The van der Waals surface area contributed by atoms with Crippen molar-refractivity contribution in [1.82, 2.24) is 5.32 Å². The van der Waals surface area contributed by atoms with E-state index in [4.69, 9.17) is 11.5 Å². The highest BCUT2D eigenvalue weighted by atomic mass is 15.0. The van der Waals surface area contributed by atoms with Crippen molar-refractivity contribution < 1.29 is 0 Å². The fourth-order valence-electron chi connectivity index (χ4n) is 2.22. The Hall–Kier alpha value is -1.06. The molecule has 0 aliphatic carbocycles. The van der Waals surface area contributed by atoms with Gasteiger partial charge in [0.15, 0.2) is 0 Å². The maximum atomic E-state index is 6.20. The van der Waals surface area contributed by atoms with E-state index in [0.717, 1.165) is 18.7 Å². The lowest BCUT2D eigenvalue weighted by atomic mass is 9.85. The smallest absolute Gasteiger partial charge is 0.0477 e. The molecule has 1 aromatic carbocycles. The van der Waals surface area contributed by atoms with Gasteiger partial charge in [-0.15, -0.1) is 0 Å². The molecular formula is C12H19N3. The number of hydrogen-bond donors (Lipinski definition) is 3. The Balaban J connectivity index is 2.22. The zero-order valence-corrected chi connectivity index (χ0v) is 9.11. The first-order valence-corrected chi connectivity index (χ1v) is 5.53. The first kappa shape index (κ1) is 10.5. The minimum absolute atomic E-state index is 0.181. The van der Waals surface area contributed by atoms with Gasteiger partial charge in [-0.05, 0) is 36.6 Å². The van der Waals surface area contributed by atoms with Crippen LogP contribution in [0.15, 0.2) is 24.3 Å². The highest BCUT2D eigenvalue weighted by Crippen LogP contribution is 2.26. The lowest BCUT2D eigenvalue weighted by Crippen LogP contribution is -2.47. The molecule has 0 radical (unpaired) electrons. The maximum Gasteiger partial charge on any atom is 0.0477 e. The van der Waals surface area contributed by atoms with Crippen molar-refractivity contribution in [3.05, 3.63) is 29.8 Å². The number of nitrogen functional groups attached to an aromatic ring is 1. The molecule has 2 rings (SSSR count). The van der Waals surface area contributed by atoms with E-state index in [1.54, 1.807) is 0 Å². The highest BCUT2D eigenvalue weighted by Gasteiger charge is 2.28. The highest BCUT2D eigenvalue weighted by molar-refractivity contribution is 5.42. The zero-order valence-electron chi connectivity index (χ0n) is 9.11. The molecule has 1 aliphatic heterocycles. The summed E-state index contributed by atoms with van der Waals surface area (Å²) < 4.78 is 0. The van der Waals surface area contributed by atoms with Crippen molar-refractivity contribution in [3.63, 3.8) is 0 Å². The van der Waals surface area contributed by atoms with Crippen LogP contribution >= 0.6 is 0 Å². The quantitative estimate of drug-likeness (QED) is 0.605. The van der Waals surface area contributed by atoms with Crippen LogP contribution in [0.5, 0.6) is 0 Å². The minimum atomic E-state index is 0.181. The number of hydrogen-bond acceptors (Lipinski definition) is 3. The molecule has 82 valence electrons. The van der Waals surface area contributed by atoms with Crippen LogP contribution in [-0.2, 0) is 0 Å². The van der Waals surface area contributed by atoms with Gasteiger partial charge in [-0.1, -0.05) is 19.1 Å². The summed E-state index contributed by atoms with van der Waals surface area (Å²) in [7, 11) is 0. The largest absolute Gasteiger partial charge is 0.399 e. The monoisotopic (exact) mass is 205 g/mol. The van der Waals surface area contributed by atoms with Gasteiger partial charge in [0.05, 0.1) is 0 Å². The summed E-state index contributed by atoms with van der Waals surface area (Å²) in [5.41, 5.74) is 14.0. The van der Waals surface area contributed by atoms with Gasteiger partial charge < -0.3 is 16.8 Å². The van der Waals surface area contributed by atoms with Crippen molar-refractivity contribution in [2.75, 3.05) is 12.3 Å². The Morgan fingerprint density at radius 3 is 2.93 bits per heavy atom. The number of anilines is 1. The Morgan fingerprint density at radius 2 is 2.20 bits per heavy atom. The lowest BCUT2D eigenvalue weighted by molar-refractivity contribution is 0.275. The summed E-state index contributed by atoms with van der Waals surface area (Å²) in [5.74, 6) is 0.567. The average Bonchev–Trinajstić information content (AvgIpc) is 2.22. The average molecular weight is 205 g/mol. The molecule has 5 N–H and O–H groups in total. The molecule has 1 aliphatic rings. The SMILES string of the molecule is CC1CCNC(c2cccc(N)c2)C1N. The van der Waals surface area contributed by atoms with E-state index in [2.05, 4.69) is 18.3 Å². The Morgan fingerprint density at radius 1 is 1.40 bits per heavy atom. The third-order valence-electron chi connectivity index (χ3n) is 3.28. The third-order valence-corrected chi connectivity index (χ3v) is 3.28. The van der Waals surface area contributed by atoms with Crippen molar-refractivity contribution >= 4 is 5.69 Å². The maximum absolute atomic E-state index is 6.20. The second-order valence-electron chi connectivity index (χ2n) is 4.45. The first-order chi connectivity index (χ1) is 7.18. The number of nitrogens with one attached hydrogen (secondary N) is 1. The predicted molar refractivity (Wildman–Crippen MR) is 63.4 cm³/mol. The van der Waals surface area contributed by atoms with E-state index in [1.165, 1.54) is 5.56 Å². The van der Waals surface area contributed by atoms with Gasteiger partial charge in [-0.3, -0.25) is 0 Å². The fraction of sp³-hybridized carbons (Fsp3) is 0.500. The van der Waals surface area contributed by atoms with Gasteiger partial charge >= 0.3 is 0 Å². The summed E-state index contributed by atoms with van der Waals surface area (Å²) in [4.78, 5) is 0. The summed E-state index contributed by atoms with van der Waals surface area (Å²) in [6.07, 6.45) is 1.15. The standard InChI is InChI=1S/C12H19N3/c1-8-5-6-15-12(11(8)14)9-3-2-4-10(13)7-9/h2-4,7-8,11-12,15H,5-6,13-14H2,1H3. The molecule has 1 aromatic rings. The molecule has 1 heterocycles. The van der Waals surface area contributed by atoms with E-state index in [9.17, 15) is 0 Å². The molecule has 0 spiro atoms. The number of rotatable bonds is 1. The van der Waals surface area contributed by atoms with Gasteiger partial charge in [0.2, 0.25) is 0 Å². The predicted octanol–water partition coefficient (Wildman–Crippen LogP) is 1.27. The molecule has 0 aromatic heterocycles. The normalized spacial score (nSPS) is 31.5. The van der Waals surface area contributed by atoms with Crippen LogP contribution in [0.3, 0.4) is 0 Å². The molecule has 0 bridgehead atoms.